The highest BCUT2D eigenvalue weighted by Gasteiger charge is 2.23. The molecule has 1 unspecified atom stereocenters. The second kappa shape index (κ2) is 4.95. The summed E-state index contributed by atoms with van der Waals surface area (Å²) in [4.78, 5) is 10.9. The number of benzene rings is 1. The molecule has 1 heterocycles. The summed E-state index contributed by atoms with van der Waals surface area (Å²) in [7, 11) is -4.49. The SMILES string of the molecule is O=C1CCC(Cc2ccc(OS(=O)(=O)O)cc2)O1. The van der Waals surface area contributed by atoms with Gasteiger partial charge in [0.05, 0.1) is 0 Å². The molecule has 6 nitrogen and oxygen atoms in total. The van der Waals surface area contributed by atoms with E-state index in [1.54, 1.807) is 12.1 Å². The van der Waals surface area contributed by atoms with Crippen molar-refractivity contribution >= 4 is 16.4 Å². The standard InChI is InChI=1S/C11H12O6S/c12-11-6-5-10(16-11)7-8-1-3-9(4-2-8)17-18(13,14)15/h1-4,10H,5-7H2,(H,13,14,15). The summed E-state index contributed by atoms with van der Waals surface area (Å²) < 4.78 is 38.8. The minimum absolute atomic E-state index is 0.0321. The maximum Gasteiger partial charge on any atom is 0.446 e. The molecular formula is C11H12O6S. The van der Waals surface area contributed by atoms with Gasteiger partial charge in [0, 0.05) is 12.8 Å². The van der Waals surface area contributed by atoms with E-state index < -0.39 is 10.4 Å². The first-order valence-corrected chi connectivity index (χ1v) is 6.74. The topological polar surface area (TPSA) is 89.9 Å². The third-order valence-electron chi connectivity index (χ3n) is 2.56. The van der Waals surface area contributed by atoms with Gasteiger partial charge in [-0.2, -0.15) is 8.42 Å². The number of carbonyl (C=O) groups is 1. The van der Waals surface area contributed by atoms with E-state index in [1.165, 1.54) is 12.1 Å². The molecule has 7 heteroatoms. The van der Waals surface area contributed by atoms with Crippen LogP contribution in [0.25, 0.3) is 0 Å². The summed E-state index contributed by atoms with van der Waals surface area (Å²) in [5, 5.41) is 0. The Balaban J connectivity index is 1.97. The quantitative estimate of drug-likeness (QED) is 0.652. The Hall–Kier alpha value is -1.60. The third-order valence-corrected chi connectivity index (χ3v) is 2.96. The highest BCUT2D eigenvalue weighted by Crippen LogP contribution is 2.20. The Morgan fingerprint density at radius 2 is 2.00 bits per heavy atom. The van der Waals surface area contributed by atoms with E-state index in [-0.39, 0.29) is 17.8 Å². The third kappa shape index (κ3) is 3.71. The molecule has 0 spiro atoms. The van der Waals surface area contributed by atoms with Crippen LogP contribution in [0.5, 0.6) is 5.75 Å². The molecule has 18 heavy (non-hydrogen) atoms. The zero-order chi connectivity index (χ0) is 13.2. The van der Waals surface area contributed by atoms with Crippen LogP contribution in [-0.4, -0.2) is 25.0 Å². The van der Waals surface area contributed by atoms with Gasteiger partial charge in [0.1, 0.15) is 11.9 Å². The highest BCUT2D eigenvalue weighted by molar-refractivity contribution is 7.81. The molecule has 1 aromatic rings. The number of esters is 1. The Kier molecular flexibility index (Phi) is 3.53. The van der Waals surface area contributed by atoms with Crippen molar-refractivity contribution in [2.75, 3.05) is 0 Å². The predicted molar refractivity (Wildman–Crippen MR) is 61.4 cm³/mol. The predicted octanol–water partition coefficient (Wildman–Crippen LogP) is 1.12. The monoisotopic (exact) mass is 272 g/mol. The fraction of sp³-hybridized carbons (Fsp3) is 0.364. The first-order chi connectivity index (χ1) is 8.42. The molecule has 2 rings (SSSR count). The minimum Gasteiger partial charge on any atom is -0.462 e. The Labute approximate surface area is 104 Å². The molecule has 98 valence electrons. The van der Waals surface area contributed by atoms with Crippen LogP contribution >= 0.6 is 0 Å². The van der Waals surface area contributed by atoms with Gasteiger partial charge in [0.15, 0.2) is 0 Å². The van der Waals surface area contributed by atoms with Crippen molar-refractivity contribution in [3.8, 4) is 5.75 Å². The van der Waals surface area contributed by atoms with Crippen molar-refractivity contribution in [2.45, 2.75) is 25.4 Å². The van der Waals surface area contributed by atoms with E-state index in [1.807, 2.05) is 0 Å². The van der Waals surface area contributed by atoms with Gasteiger partial charge in [0.25, 0.3) is 0 Å². The zero-order valence-electron chi connectivity index (χ0n) is 9.40. The van der Waals surface area contributed by atoms with Crippen LogP contribution in [0, 0.1) is 0 Å². The summed E-state index contributed by atoms with van der Waals surface area (Å²) in [5.41, 5.74) is 0.900. The van der Waals surface area contributed by atoms with Gasteiger partial charge in [-0.3, -0.25) is 9.35 Å². The van der Waals surface area contributed by atoms with E-state index in [0.717, 1.165) is 5.56 Å². The summed E-state index contributed by atoms with van der Waals surface area (Å²) >= 11 is 0. The lowest BCUT2D eigenvalue weighted by Gasteiger charge is -2.09. The van der Waals surface area contributed by atoms with Gasteiger partial charge < -0.3 is 8.92 Å². The van der Waals surface area contributed by atoms with E-state index in [2.05, 4.69) is 4.18 Å². The molecule has 1 aliphatic heterocycles. The summed E-state index contributed by atoms with van der Waals surface area (Å²) in [6.45, 7) is 0. The molecule has 1 saturated heterocycles. The van der Waals surface area contributed by atoms with Gasteiger partial charge in [-0.25, -0.2) is 0 Å². The molecule has 1 N–H and O–H groups in total. The van der Waals surface area contributed by atoms with Crippen molar-refractivity contribution in [2.24, 2.45) is 0 Å². The maximum absolute atomic E-state index is 10.9. The van der Waals surface area contributed by atoms with Gasteiger partial charge in [0.2, 0.25) is 0 Å². The van der Waals surface area contributed by atoms with Crippen molar-refractivity contribution in [3.05, 3.63) is 29.8 Å². The molecule has 1 fully saturated rings. The molecule has 1 aliphatic rings. The van der Waals surface area contributed by atoms with Crippen LogP contribution in [0.15, 0.2) is 24.3 Å². The maximum atomic E-state index is 10.9. The van der Waals surface area contributed by atoms with E-state index in [9.17, 15) is 13.2 Å². The zero-order valence-corrected chi connectivity index (χ0v) is 10.2. The molecule has 0 bridgehead atoms. The van der Waals surface area contributed by atoms with Crippen molar-refractivity contribution in [1.29, 1.82) is 0 Å². The molecule has 0 amide bonds. The lowest BCUT2D eigenvalue weighted by molar-refractivity contribution is -0.141. The lowest BCUT2D eigenvalue weighted by Crippen LogP contribution is -2.10. The molecular weight excluding hydrogens is 260 g/mol. The summed E-state index contributed by atoms with van der Waals surface area (Å²) in [6.07, 6.45) is 1.60. The average Bonchev–Trinajstić information content (AvgIpc) is 2.65. The van der Waals surface area contributed by atoms with Crippen LogP contribution in [0.1, 0.15) is 18.4 Å². The van der Waals surface area contributed by atoms with Crippen molar-refractivity contribution in [3.63, 3.8) is 0 Å². The van der Waals surface area contributed by atoms with Crippen LogP contribution in [-0.2, 0) is 26.4 Å². The number of ether oxygens (including phenoxy) is 1. The van der Waals surface area contributed by atoms with E-state index in [0.29, 0.717) is 19.3 Å². The Morgan fingerprint density at radius 1 is 1.33 bits per heavy atom. The molecule has 0 aliphatic carbocycles. The number of carbonyl (C=O) groups excluding carboxylic acids is 1. The van der Waals surface area contributed by atoms with Crippen molar-refractivity contribution in [1.82, 2.24) is 0 Å². The largest absolute Gasteiger partial charge is 0.462 e. The summed E-state index contributed by atoms with van der Waals surface area (Å²) in [6, 6.07) is 6.18. The van der Waals surface area contributed by atoms with Crippen LogP contribution in [0.3, 0.4) is 0 Å². The molecule has 0 aromatic heterocycles. The van der Waals surface area contributed by atoms with Crippen LogP contribution < -0.4 is 4.18 Å². The first kappa shape index (κ1) is 12.8. The summed E-state index contributed by atoms with van der Waals surface area (Å²) in [5.74, 6) is -0.156. The minimum atomic E-state index is -4.49. The van der Waals surface area contributed by atoms with Crippen LogP contribution in [0.4, 0.5) is 0 Å². The molecule has 1 atom stereocenters. The van der Waals surface area contributed by atoms with E-state index in [4.69, 9.17) is 9.29 Å². The average molecular weight is 272 g/mol. The smallest absolute Gasteiger partial charge is 0.446 e. The second-order valence-corrected chi connectivity index (χ2v) is 5.03. The van der Waals surface area contributed by atoms with Gasteiger partial charge in [-0.05, 0) is 24.1 Å². The van der Waals surface area contributed by atoms with Gasteiger partial charge in [-0.1, -0.05) is 12.1 Å². The highest BCUT2D eigenvalue weighted by atomic mass is 32.3. The molecule has 1 aromatic carbocycles. The molecule has 0 saturated carbocycles. The normalized spacial score (nSPS) is 19.6. The molecule has 0 radical (unpaired) electrons. The number of hydrogen-bond acceptors (Lipinski definition) is 5. The number of cyclic esters (lactones) is 1. The number of rotatable bonds is 4. The Morgan fingerprint density at radius 3 is 2.50 bits per heavy atom. The van der Waals surface area contributed by atoms with Crippen molar-refractivity contribution < 1.29 is 26.7 Å². The van der Waals surface area contributed by atoms with E-state index >= 15 is 0 Å². The van der Waals surface area contributed by atoms with Gasteiger partial charge >= 0.3 is 16.4 Å². The lowest BCUT2D eigenvalue weighted by atomic mass is 10.1. The first-order valence-electron chi connectivity index (χ1n) is 5.38. The van der Waals surface area contributed by atoms with Crippen LogP contribution in [0.2, 0.25) is 0 Å². The second-order valence-electron chi connectivity index (χ2n) is 4.01. The number of hydrogen-bond donors (Lipinski definition) is 1. The fourth-order valence-electron chi connectivity index (χ4n) is 1.79. The fourth-order valence-corrected chi connectivity index (χ4v) is 2.15. The Bertz CT molecular complexity index is 533. The van der Waals surface area contributed by atoms with Gasteiger partial charge in [-0.15, -0.1) is 0 Å².